The highest BCUT2D eigenvalue weighted by atomic mass is 35.5. The van der Waals surface area contributed by atoms with Gasteiger partial charge in [0.25, 0.3) is 0 Å². The zero-order valence-electron chi connectivity index (χ0n) is 10.7. The molecule has 0 saturated carbocycles. The molecule has 0 aromatic rings. The van der Waals surface area contributed by atoms with E-state index >= 15 is 0 Å². The second-order valence-electron chi connectivity index (χ2n) is 4.83. The molecule has 17 heavy (non-hydrogen) atoms. The lowest BCUT2D eigenvalue weighted by Crippen LogP contribution is -2.40. The van der Waals surface area contributed by atoms with Crippen LogP contribution in [0.4, 0.5) is 0 Å². The Morgan fingerprint density at radius 3 is 2.65 bits per heavy atom. The van der Waals surface area contributed by atoms with Crippen molar-refractivity contribution in [1.29, 1.82) is 0 Å². The van der Waals surface area contributed by atoms with E-state index in [1.165, 1.54) is 0 Å². The highest BCUT2D eigenvalue weighted by molar-refractivity contribution is 7.89. The Balaban J connectivity index is 2.58. The average Bonchev–Trinajstić information content (AvgIpc) is 2.59. The minimum absolute atomic E-state index is 0.0469. The minimum atomic E-state index is -3.23. The zero-order chi connectivity index (χ0) is 13.1. The summed E-state index contributed by atoms with van der Waals surface area (Å²) in [6.45, 7) is 6.67. The van der Waals surface area contributed by atoms with Gasteiger partial charge in [0.15, 0.2) is 0 Å². The van der Waals surface area contributed by atoms with Gasteiger partial charge in [-0.3, -0.25) is 0 Å². The quantitative estimate of drug-likeness (QED) is 0.697. The molecular weight excluding hydrogens is 262 g/mol. The van der Waals surface area contributed by atoms with Gasteiger partial charge < -0.3 is 4.74 Å². The topological polar surface area (TPSA) is 46.6 Å². The standard InChI is InChI=1S/C11H22ClNO3S/c1-9(2)16-6-7-17(14,15)13-5-4-10(3)11(13)8-12/h9-11H,4-8H2,1-3H3. The number of sulfonamides is 1. The zero-order valence-corrected chi connectivity index (χ0v) is 12.3. The average molecular weight is 284 g/mol. The van der Waals surface area contributed by atoms with Crippen molar-refractivity contribution >= 4 is 21.6 Å². The van der Waals surface area contributed by atoms with E-state index < -0.39 is 10.0 Å². The number of hydrogen-bond acceptors (Lipinski definition) is 3. The predicted octanol–water partition coefficient (Wildman–Crippen LogP) is 1.69. The molecule has 1 heterocycles. The van der Waals surface area contributed by atoms with E-state index in [2.05, 4.69) is 0 Å². The summed E-state index contributed by atoms with van der Waals surface area (Å²) < 4.78 is 31.1. The molecule has 0 aromatic heterocycles. The molecule has 0 bridgehead atoms. The maximum Gasteiger partial charge on any atom is 0.216 e. The summed E-state index contributed by atoms with van der Waals surface area (Å²) >= 11 is 5.85. The second-order valence-corrected chi connectivity index (χ2v) is 7.18. The van der Waals surface area contributed by atoms with Gasteiger partial charge in [-0.25, -0.2) is 8.42 Å². The molecule has 0 radical (unpaired) electrons. The third-order valence-corrected chi connectivity index (χ3v) is 5.31. The maximum absolute atomic E-state index is 12.1. The van der Waals surface area contributed by atoms with Crippen LogP contribution in [0, 0.1) is 5.92 Å². The van der Waals surface area contributed by atoms with Gasteiger partial charge in [-0.15, -0.1) is 11.6 Å². The third kappa shape index (κ3) is 4.09. The van der Waals surface area contributed by atoms with E-state index in [1.54, 1.807) is 4.31 Å². The third-order valence-electron chi connectivity index (χ3n) is 3.14. The van der Waals surface area contributed by atoms with Crippen LogP contribution in [0.5, 0.6) is 0 Å². The fraction of sp³-hybridized carbons (Fsp3) is 1.00. The van der Waals surface area contributed by atoms with Crippen LogP contribution in [0.3, 0.4) is 0 Å². The lowest BCUT2D eigenvalue weighted by Gasteiger charge is -2.24. The van der Waals surface area contributed by atoms with E-state index in [9.17, 15) is 8.42 Å². The molecule has 1 saturated heterocycles. The van der Waals surface area contributed by atoms with Crippen LogP contribution in [0.2, 0.25) is 0 Å². The Hall–Kier alpha value is 0.160. The van der Waals surface area contributed by atoms with Crippen LogP contribution >= 0.6 is 11.6 Å². The first-order valence-electron chi connectivity index (χ1n) is 6.05. The Labute approximate surface area is 109 Å². The number of hydrogen-bond donors (Lipinski definition) is 0. The van der Waals surface area contributed by atoms with Crippen molar-refractivity contribution in [2.24, 2.45) is 5.92 Å². The SMILES string of the molecule is CC(C)OCCS(=O)(=O)N1CCC(C)C1CCl. The second kappa shape index (κ2) is 6.36. The van der Waals surface area contributed by atoms with Gasteiger partial charge in [0.2, 0.25) is 10.0 Å². The molecule has 0 aromatic carbocycles. The summed E-state index contributed by atoms with van der Waals surface area (Å²) in [5, 5.41) is 0. The Kier molecular flexibility index (Phi) is 5.70. The molecular formula is C11H22ClNO3S. The van der Waals surface area contributed by atoms with Crippen molar-refractivity contribution in [1.82, 2.24) is 4.31 Å². The van der Waals surface area contributed by atoms with Gasteiger partial charge in [-0.1, -0.05) is 6.92 Å². The van der Waals surface area contributed by atoms with Crippen LogP contribution in [0.1, 0.15) is 27.2 Å². The molecule has 0 N–H and O–H groups in total. The molecule has 1 aliphatic heterocycles. The molecule has 0 aliphatic carbocycles. The van der Waals surface area contributed by atoms with Crippen LogP contribution in [-0.4, -0.2) is 49.7 Å². The van der Waals surface area contributed by atoms with E-state index in [-0.39, 0.29) is 24.5 Å². The molecule has 0 spiro atoms. The van der Waals surface area contributed by atoms with Crippen LogP contribution in [0.25, 0.3) is 0 Å². The number of alkyl halides is 1. The van der Waals surface area contributed by atoms with Gasteiger partial charge >= 0.3 is 0 Å². The fourth-order valence-electron chi connectivity index (χ4n) is 2.05. The molecule has 102 valence electrons. The van der Waals surface area contributed by atoms with E-state index in [4.69, 9.17) is 16.3 Å². The molecule has 2 unspecified atom stereocenters. The Bertz CT molecular complexity index is 332. The largest absolute Gasteiger partial charge is 0.378 e. The number of halogens is 1. The van der Waals surface area contributed by atoms with Crippen molar-refractivity contribution in [2.75, 3.05) is 24.8 Å². The molecule has 4 nitrogen and oxygen atoms in total. The maximum atomic E-state index is 12.1. The summed E-state index contributed by atoms with van der Waals surface area (Å²) in [4.78, 5) is 0. The fourth-order valence-corrected chi connectivity index (χ4v) is 4.23. The van der Waals surface area contributed by atoms with Crippen molar-refractivity contribution in [3.05, 3.63) is 0 Å². The minimum Gasteiger partial charge on any atom is -0.378 e. The highest BCUT2D eigenvalue weighted by Crippen LogP contribution is 2.27. The van der Waals surface area contributed by atoms with Gasteiger partial charge in [-0.2, -0.15) is 4.31 Å². The first-order chi connectivity index (χ1) is 7.88. The number of nitrogens with zero attached hydrogens (tertiary/aromatic N) is 1. The van der Waals surface area contributed by atoms with E-state index in [0.29, 0.717) is 18.3 Å². The number of ether oxygens (including phenoxy) is 1. The van der Waals surface area contributed by atoms with Crippen LogP contribution < -0.4 is 0 Å². The van der Waals surface area contributed by atoms with Crippen molar-refractivity contribution in [2.45, 2.75) is 39.3 Å². The Morgan fingerprint density at radius 2 is 2.12 bits per heavy atom. The van der Waals surface area contributed by atoms with Crippen LogP contribution in [-0.2, 0) is 14.8 Å². The first kappa shape index (κ1) is 15.2. The summed E-state index contributed by atoms with van der Waals surface area (Å²) in [7, 11) is -3.23. The van der Waals surface area contributed by atoms with Crippen LogP contribution in [0.15, 0.2) is 0 Å². The van der Waals surface area contributed by atoms with E-state index in [0.717, 1.165) is 6.42 Å². The Morgan fingerprint density at radius 1 is 1.47 bits per heavy atom. The van der Waals surface area contributed by atoms with Gasteiger partial charge in [0.1, 0.15) is 0 Å². The molecule has 6 heteroatoms. The lowest BCUT2D eigenvalue weighted by atomic mass is 10.1. The summed E-state index contributed by atoms with van der Waals surface area (Å²) in [6, 6.07) is -0.0549. The molecule has 1 rings (SSSR count). The first-order valence-corrected chi connectivity index (χ1v) is 8.20. The van der Waals surface area contributed by atoms with Crippen molar-refractivity contribution < 1.29 is 13.2 Å². The van der Waals surface area contributed by atoms with Crippen molar-refractivity contribution in [3.8, 4) is 0 Å². The monoisotopic (exact) mass is 283 g/mol. The molecule has 1 aliphatic rings. The van der Waals surface area contributed by atoms with Crippen molar-refractivity contribution in [3.63, 3.8) is 0 Å². The highest BCUT2D eigenvalue weighted by Gasteiger charge is 2.37. The summed E-state index contributed by atoms with van der Waals surface area (Å²) in [6.07, 6.45) is 0.952. The molecule has 0 amide bonds. The molecule has 2 atom stereocenters. The van der Waals surface area contributed by atoms with Gasteiger partial charge in [-0.05, 0) is 26.2 Å². The normalized spacial score (nSPS) is 26.9. The number of rotatable bonds is 6. The predicted molar refractivity (Wildman–Crippen MR) is 69.9 cm³/mol. The summed E-state index contributed by atoms with van der Waals surface area (Å²) in [5.74, 6) is 0.754. The van der Waals surface area contributed by atoms with E-state index in [1.807, 2.05) is 20.8 Å². The lowest BCUT2D eigenvalue weighted by molar-refractivity contribution is 0.0906. The van der Waals surface area contributed by atoms with Gasteiger partial charge in [0, 0.05) is 18.5 Å². The van der Waals surface area contributed by atoms with Gasteiger partial charge in [0.05, 0.1) is 18.5 Å². The smallest absolute Gasteiger partial charge is 0.216 e. The molecule has 1 fully saturated rings. The summed E-state index contributed by atoms with van der Waals surface area (Å²) in [5.41, 5.74) is 0.